The lowest BCUT2D eigenvalue weighted by molar-refractivity contribution is 1.13. The number of hydrogen-bond donors (Lipinski definition) is 1. The van der Waals surface area contributed by atoms with Gasteiger partial charge in [-0.25, -0.2) is 0 Å². The average Bonchev–Trinajstić information content (AvgIpc) is 2.48. The Morgan fingerprint density at radius 1 is 1.19 bits per heavy atom. The molecular weight excluding hydrogens is 278 g/mol. The molecule has 0 saturated carbocycles. The van der Waals surface area contributed by atoms with Crippen molar-refractivity contribution in [3.63, 3.8) is 0 Å². The summed E-state index contributed by atoms with van der Waals surface area (Å²) in [6.45, 7) is 2.09. The minimum Gasteiger partial charge on any atom is -0.378 e. The standard InChI is InChI=1S/C17H19N3S/c1-4-21-17-10-6-9-16(15(17)12-18)19-13-7-5-8-14(11-13)20(2)3/h5-11,19H,4H2,1-3H3. The lowest BCUT2D eigenvalue weighted by Gasteiger charge is -2.15. The molecule has 108 valence electrons. The zero-order chi connectivity index (χ0) is 15.2. The third-order valence-electron chi connectivity index (χ3n) is 3.08. The number of rotatable bonds is 5. The van der Waals surface area contributed by atoms with E-state index in [2.05, 4.69) is 35.3 Å². The lowest BCUT2D eigenvalue weighted by Crippen LogP contribution is -2.08. The van der Waals surface area contributed by atoms with Gasteiger partial charge in [0.1, 0.15) is 6.07 Å². The molecule has 2 aromatic carbocycles. The highest BCUT2D eigenvalue weighted by Gasteiger charge is 2.08. The Kier molecular flexibility index (Phi) is 5.13. The second kappa shape index (κ2) is 7.05. The van der Waals surface area contributed by atoms with Crippen molar-refractivity contribution in [3.05, 3.63) is 48.0 Å². The fourth-order valence-corrected chi connectivity index (χ4v) is 2.83. The smallest absolute Gasteiger partial charge is 0.103 e. The van der Waals surface area contributed by atoms with Crippen LogP contribution in [0.1, 0.15) is 12.5 Å². The molecule has 2 aromatic rings. The second-order valence-electron chi connectivity index (χ2n) is 4.79. The van der Waals surface area contributed by atoms with Crippen molar-refractivity contribution < 1.29 is 0 Å². The topological polar surface area (TPSA) is 39.1 Å². The van der Waals surface area contributed by atoms with Gasteiger partial charge in [-0.3, -0.25) is 0 Å². The van der Waals surface area contributed by atoms with Gasteiger partial charge < -0.3 is 10.2 Å². The van der Waals surface area contributed by atoms with Crippen LogP contribution in [-0.4, -0.2) is 19.8 Å². The summed E-state index contributed by atoms with van der Waals surface area (Å²) >= 11 is 1.69. The molecule has 0 heterocycles. The molecule has 1 N–H and O–H groups in total. The number of nitrogens with zero attached hydrogens (tertiary/aromatic N) is 2. The van der Waals surface area contributed by atoms with Crippen LogP contribution in [0.3, 0.4) is 0 Å². The van der Waals surface area contributed by atoms with Gasteiger partial charge >= 0.3 is 0 Å². The van der Waals surface area contributed by atoms with Crippen molar-refractivity contribution in [3.8, 4) is 6.07 Å². The summed E-state index contributed by atoms with van der Waals surface area (Å²) in [5, 5.41) is 12.8. The van der Waals surface area contributed by atoms with Crippen LogP contribution in [0.15, 0.2) is 47.4 Å². The summed E-state index contributed by atoms with van der Waals surface area (Å²) in [6, 6.07) is 16.4. The first-order valence-electron chi connectivity index (χ1n) is 6.86. The minimum absolute atomic E-state index is 0.708. The van der Waals surface area contributed by atoms with Crippen LogP contribution < -0.4 is 10.2 Å². The lowest BCUT2D eigenvalue weighted by atomic mass is 10.2. The zero-order valence-electron chi connectivity index (χ0n) is 12.6. The molecule has 0 atom stereocenters. The Hall–Kier alpha value is -2.12. The van der Waals surface area contributed by atoms with E-state index in [-0.39, 0.29) is 0 Å². The number of anilines is 3. The molecular formula is C17H19N3S. The van der Waals surface area contributed by atoms with Crippen molar-refractivity contribution in [1.82, 2.24) is 0 Å². The molecule has 0 radical (unpaired) electrons. The Labute approximate surface area is 130 Å². The summed E-state index contributed by atoms with van der Waals surface area (Å²) in [5.74, 6) is 0.953. The molecule has 0 aliphatic rings. The van der Waals surface area contributed by atoms with E-state index in [0.29, 0.717) is 5.56 Å². The Bertz CT molecular complexity index is 659. The normalized spacial score (nSPS) is 10.0. The van der Waals surface area contributed by atoms with Crippen molar-refractivity contribution in [1.29, 1.82) is 5.26 Å². The first-order valence-corrected chi connectivity index (χ1v) is 7.84. The van der Waals surface area contributed by atoms with Crippen LogP contribution in [0.5, 0.6) is 0 Å². The maximum absolute atomic E-state index is 9.44. The Balaban J connectivity index is 2.33. The van der Waals surface area contributed by atoms with Crippen LogP contribution in [0.2, 0.25) is 0 Å². The maximum atomic E-state index is 9.44. The Morgan fingerprint density at radius 2 is 1.95 bits per heavy atom. The van der Waals surface area contributed by atoms with Gasteiger partial charge in [0.2, 0.25) is 0 Å². The van der Waals surface area contributed by atoms with Gasteiger partial charge in [-0.2, -0.15) is 5.26 Å². The third-order valence-corrected chi connectivity index (χ3v) is 4.02. The Morgan fingerprint density at radius 3 is 2.62 bits per heavy atom. The third kappa shape index (κ3) is 3.71. The highest BCUT2D eigenvalue weighted by Crippen LogP contribution is 2.30. The second-order valence-corrected chi connectivity index (χ2v) is 6.10. The molecule has 0 amide bonds. The molecule has 21 heavy (non-hydrogen) atoms. The van der Waals surface area contributed by atoms with E-state index in [1.807, 2.05) is 44.4 Å². The van der Waals surface area contributed by atoms with E-state index in [1.165, 1.54) is 0 Å². The van der Waals surface area contributed by atoms with E-state index >= 15 is 0 Å². The number of benzene rings is 2. The minimum atomic E-state index is 0.708. The molecule has 0 aromatic heterocycles. The van der Waals surface area contributed by atoms with E-state index in [0.717, 1.165) is 27.7 Å². The van der Waals surface area contributed by atoms with Crippen LogP contribution in [-0.2, 0) is 0 Å². The van der Waals surface area contributed by atoms with Gasteiger partial charge in [0.05, 0.1) is 11.3 Å². The number of thioether (sulfide) groups is 1. The molecule has 0 aliphatic heterocycles. The fraction of sp³-hybridized carbons (Fsp3) is 0.235. The number of nitrogens with one attached hydrogen (secondary N) is 1. The molecule has 0 fully saturated rings. The predicted octanol–water partition coefficient (Wildman–Crippen LogP) is 4.48. The summed E-state index contributed by atoms with van der Waals surface area (Å²) in [7, 11) is 4.02. The molecule has 4 heteroatoms. The van der Waals surface area contributed by atoms with Gasteiger partial charge in [-0.15, -0.1) is 11.8 Å². The molecule has 2 rings (SSSR count). The molecule has 0 aliphatic carbocycles. The quantitative estimate of drug-likeness (QED) is 0.826. The van der Waals surface area contributed by atoms with Crippen molar-refractivity contribution >= 4 is 28.8 Å². The summed E-state index contributed by atoms with van der Waals surface area (Å²) in [6.07, 6.45) is 0. The van der Waals surface area contributed by atoms with Gasteiger partial charge in [-0.05, 0) is 36.1 Å². The van der Waals surface area contributed by atoms with Crippen molar-refractivity contribution in [2.45, 2.75) is 11.8 Å². The van der Waals surface area contributed by atoms with Gasteiger partial charge in [0.25, 0.3) is 0 Å². The summed E-state index contributed by atoms with van der Waals surface area (Å²) < 4.78 is 0. The fourth-order valence-electron chi connectivity index (χ4n) is 2.04. The van der Waals surface area contributed by atoms with E-state index in [1.54, 1.807) is 11.8 Å². The first-order chi connectivity index (χ1) is 10.2. The molecule has 0 saturated heterocycles. The van der Waals surface area contributed by atoms with Crippen molar-refractivity contribution in [2.24, 2.45) is 0 Å². The molecule has 0 unspecified atom stereocenters. The maximum Gasteiger partial charge on any atom is 0.103 e. The van der Waals surface area contributed by atoms with Gasteiger partial charge in [-0.1, -0.05) is 19.1 Å². The molecule has 3 nitrogen and oxygen atoms in total. The number of hydrogen-bond acceptors (Lipinski definition) is 4. The highest BCUT2D eigenvalue weighted by molar-refractivity contribution is 7.99. The van der Waals surface area contributed by atoms with Crippen LogP contribution in [0, 0.1) is 11.3 Å². The largest absolute Gasteiger partial charge is 0.378 e. The average molecular weight is 297 g/mol. The van der Waals surface area contributed by atoms with Crippen LogP contribution >= 0.6 is 11.8 Å². The van der Waals surface area contributed by atoms with E-state index < -0.39 is 0 Å². The summed E-state index contributed by atoms with van der Waals surface area (Å²) in [5.41, 5.74) is 3.67. The summed E-state index contributed by atoms with van der Waals surface area (Å²) in [4.78, 5) is 3.08. The van der Waals surface area contributed by atoms with Crippen molar-refractivity contribution in [2.75, 3.05) is 30.1 Å². The van der Waals surface area contributed by atoms with E-state index in [4.69, 9.17) is 0 Å². The van der Waals surface area contributed by atoms with Gasteiger partial charge in [0.15, 0.2) is 0 Å². The van der Waals surface area contributed by atoms with Gasteiger partial charge in [0, 0.05) is 30.4 Å². The first kappa shape index (κ1) is 15.3. The highest BCUT2D eigenvalue weighted by atomic mass is 32.2. The van der Waals surface area contributed by atoms with E-state index in [9.17, 15) is 5.26 Å². The number of nitriles is 1. The van der Waals surface area contributed by atoms with Crippen LogP contribution in [0.4, 0.5) is 17.1 Å². The van der Waals surface area contributed by atoms with Crippen LogP contribution in [0.25, 0.3) is 0 Å². The SMILES string of the molecule is CCSc1cccc(Nc2cccc(N(C)C)c2)c1C#N. The monoisotopic (exact) mass is 297 g/mol. The zero-order valence-corrected chi connectivity index (χ0v) is 13.4. The predicted molar refractivity (Wildman–Crippen MR) is 91.6 cm³/mol. The molecule has 0 spiro atoms. The molecule has 0 bridgehead atoms.